The normalized spacial score (nSPS) is 32.8. The fraction of sp³-hybridized carbons (Fsp3) is 1.00. The zero-order valence-corrected chi connectivity index (χ0v) is 12.0. The van der Waals surface area contributed by atoms with Gasteiger partial charge < -0.3 is 9.84 Å². The van der Waals surface area contributed by atoms with Crippen LogP contribution in [0.5, 0.6) is 0 Å². The van der Waals surface area contributed by atoms with E-state index in [1.807, 2.05) is 0 Å². The first-order valence-corrected chi connectivity index (χ1v) is 7.57. The molecule has 1 saturated heterocycles. The van der Waals surface area contributed by atoms with Crippen LogP contribution in [0.2, 0.25) is 0 Å². The predicted molar refractivity (Wildman–Crippen MR) is 73.7 cm³/mol. The molecule has 1 saturated carbocycles. The van der Waals surface area contributed by atoms with Crippen molar-refractivity contribution in [1.82, 2.24) is 4.90 Å². The molecule has 3 nitrogen and oxygen atoms in total. The van der Waals surface area contributed by atoms with E-state index in [0.717, 1.165) is 38.4 Å². The molecular formula is C15H29NO2. The Hall–Kier alpha value is -0.120. The molecule has 0 aromatic rings. The molecule has 0 aromatic carbocycles. The van der Waals surface area contributed by atoms with E-state index in [0.29, 0.717) is 0 Å². The second-order valence-corrected chi connectivity index (χ2v) is 6.53. The van der Waals surface area contributed by atoms with Crippen LogP contribution in [0.3, 0.4) is 0 Å². The van der Waals surface area contributed by atoms with Gasteiger partial charge in [-0.2, -0.15) is 0 Å². The summed E-state index contributed by atoms with van der Waals surface area (Å²) in [6.45, 7) is 5.09. The lowest BCUT2D eigenvalue weighted by atomic mass is 9.93. The van der Waals surface area contributed by atoms with Crippen LogP contribution >= 0.6 is 0 Å². The Labute approximate surface area is 112 Å². The molecule has 0 aromatic heterocycles. The van der Waals surface area contributed by atoms with E-state index < -0.39 is 0 Å². The second kappa shape index (κ2) is 6.36. The molecule has 0 bridgehead atoms. The van der Waals surface area contributed by atoms with Gasteiger partial charge in [0.05, 0.1) is 11.7 Å². The summed E-state index contributed by atoms with van der Waals surface area (Å²) in [4.78, 5) is 2.38. The number of piperidine rings is 1. The van der Waals surface area contributed by atoms with E-state index >= 15 is 0 Å². The Balaban J connectivity index is 1.74. The SMILES string of the molecule is COC1(C)CCCN(CC(O)CC2CCCC2)C1. The molecule has 0 radical (unpaired) electrons. The van der Waals surface area contributed by atoms with Crippen LogP contribution in [0.1, 0.15) is 51.9 Å². The second-order valence-electron chi connectivity index (χ2n) is 6.53. The first-order chi connectivity index (χ1) is 8.61. The molecule has 0 spiro atoms. The molecule has 1 N–H and O–H groups in total. The highest BCUT2D eigenvalue weighted by Gasteiger charge is 2.31. The van der Waals surface area contributed by atoms with E-state index in [-0.39, 0.29) is 11.7 Å². The molecule has 1 aliphatic carbocycles. The van der Waals surface area contributed by atoms with E-state index in [2.05, 4.69) is 11.8 Å². The van der Waals surface area contributed by atoms with Crippen LogP contribution in [0, 0.1) is 5.92 Å². The third-order valence-corrected chi connectivity index (χ3v) is 4.78. The monoisotopic (exact) mass is 255 g/mol. The molecule has 2 aliphatic rings. The van der Waals surface area contributed by atoms with Gasteiger partial charge in [0.1, 0.15) is 0 Å². The van der Waals surface area contributed by atoms with Crippen molar-refractivity contribution < 1.29 is 9.84 Å². The molecular weight excluding hydrogens is 226 g/mol. The quantitative estimate of drug-likeness (QED) is 0.819. The summed E-state index contributed by atoms with van der Waals surface area (Å²) in [5.41, 5.74) is -0.00860. The van der Waals surface area contributed by atoms with Crippen molar-refractivity contribution in [3.8, 4) is 0 Å². The smallest absolute Gasteiger partial charge is 0.0777 e. The van der Waals surface area contributed by atoms with Crippen LogP contribution in [-0.4, -0.2) is 48.5 Å². The van der Waals surface area contributed by atoms with Gasteiger partial charge >= 0.3 is 0 Å². The minimum absolute atomic E-state index is 0.00860. The average molecular weight is 255 g/mol. The van der Waals surface area contributed by atoms with Crippen LogP contribution in [-0.2, 0) is 4.74 Å². The molecule has 2 rings (SSSR count). The van der Waals surface area contributed by atoms with Gasteiger partial charge in [-0.25, -0.2) is 0 Å². The van der Waals surface area contributed by atoms with Gasteiger partial charge in [0.15, 0.2) is 0 Å². The van der Waals surface area contributed by atoms with Crippen LogP contribution in [0.15, 0.2) is 0 Å². The van der Waals surface area contributed by atoms with Crippen molar-refractivity contribution >= 4 is 0 Å². The first-order valence-electron chi connectivity index (χ1n) is 7.57. The van der Waals surface area contributed by atoms with Crippen molar-refractivity contribution in [3.63, 3.8) is 0 Å². The maximum atomic E-state index is 10.2. The number of hydrogen-bond donors (Lipinski definition) is 1. The van der Waals surface area contributed by atoms with Crippen molar-refractivity contribution in [2.75, 3.05) is 26.7 Å². The Morgan fingerprint density at radius 2 is 2.06 bits per heavy atom. The number of β-amino-alcohol motifs (C(OH)–C–C–N with tert-alkyl or cyclic N) is 1. The van der Waals surface area contributed by atoms with Crippen LogP contribution < -0.4 is 0 Å². The highest BCUT2D eigenvalue weighted by atomic mass is 16.5. The Morgan fingerprint density at radius 3 is 2.72 bits per heavy atom. The van der Waals surface area contributed by atoms with Gasteiger partial charge in [-0.3, -0.25) is 4.90 Å². The number of aliphatic hydroxyl groups excluding tert-OH is 1. The lowest BCUT2D eigenvalue weighted by Gasteiger charge is -2.40. The molecule has 18 heavy (non-hydrogen) atoms. The summed E-state index contributed by atoms with van der Waals surface area (Å²) in [6, 6.07) is 0. The lowest BCUT2D eigenvalue weighted by molar-refractivity contribution is -0.0596. The number of nitrogens with zero attached hydrogens (tertiary/aromatic N) is 1. The standard InChI is InChI=1S/C15H29NO2/c1-15(18-2)8-5-9-16(12-15)11-14(17)10-13-6-3-4-7-13/h13-14,17H,3-12H2,1-2H3. The van der Waals surface area contributed by atoms with E-state index in [1.165, 1.54) is 32.1 Å². The van der Waals surface area contributed by atoms with Crippen molar-refractivity contribution in [2.45, 2.75) is 63.6 Å². The highest BCUT2D eigenvalue weighted by Crippen LogP contribution is 2.29. The van der Waals surface area contributed by atoms with Crippen LogP contribution in [0.4, 0.5) is 0 Å². The van der Waals surface area contributed by atoms with Crippen LogP contribution in [0.25, 0.3) is 0 Å². The number of rotatable bonds is 5. The van der Waals surface area contributed by atoms with Gasteiger partial charge in [0.2, 0.25) is 0 Å². The number of likely N-dealkylation sites (tertiary alicyclic amines) is 1. The summed E-state index contributed by atoms with van der Waals surface area (Å²) in [5, 5.41) is 10.2. The average Bonchev–Trinajstić information content (AvgIpc) is 2.81. The highest BCUT2D eigenvalue weighted by molar-refractivity contribution is 4.85. The Bertz CT molecular complexity index is 253. The summed E-state index contributed by atoms with van der Waals surface area (Å²) in [5.74, 6) is 0.776. The Kier molecular flexibility index (Phi) is 5.05. The zero-order chi connectivity index (χ0) is 13.0. The van der Waals surface area contributed by atoms with Gasteiger partial charge in [0.25, 0.3) is 0 Å². The predicted octanol–water partition coefficient (Wildman–Crippen LogP) is 2.43. The molecule has 106 valence electrons. The summed E-state index contributed by atoms with van der Waals surface area (Å²) < 4.78 is 5.60. The third kappa shape index (κ3) is 3.94. The van der Waals surface area contributed by atoms with E-state index in [4.69, 9.17) is 4.74 Å². The number of ether oxygens (including phenoxy) is 1. The first kappa shape index (κ1) is 14.3. The largest absolute Gasteiger partial charge is 0.392 e. The maximum absolute atomic E-state index is 10.2. The Morgan fingerprint density at radius 1 is 1.33 bits per heavy atom. The fourth-order valence-corrected chi connectivity index (χ4v) is 3.63. The molecule has 2 atom stereocenters. The van der Waals surface area contributed by atoms with Crippen molar-refractivity contribution in [2.24, 2.45) is 5.92 Å². The van der Waals surface area contributed by atoms with E-state index in [1.54, 1.807) is 7.11 Å². The van der Waals surface area contributed by atoms with Gasteiger partial charge in [-0.1, -0.05) is 25.7 Å². The van der Waals surface area contributed by atoms with Crippen molar-refractivity contribution in [1.29, 1.82) is 0 Å². The zero-order valence-electron chi connectivity index (χ0n) is 12.0. The summed E-state index contributed by atoms with van der Waals surface area (Å²) >= 11 is 0. The third-order valence-electron chi connectivity index (χ3n) is 4.78. The molecule has 1 heterocycles. The number of hydrogen-bond acceptors (Lipinski definition) is 3. The molecule has 1 aliphatic heterocycles. The molecule has 2 unspecified atom stereocenters. The fourth-order valence-electron chi connectivity index (χ4n) is 3.63. The number of methoxy groups -OCH3 is 1. The minimum Gasteiger partial charge on any atom is -0.392 e. The molecule has 0 amide bonds. The topological polar surface area (TPSA) is 32.7 Å². The maximum Gasteiger partial charge on any atom is 0.0777 e. The van der Waals surface area contributed by atoms with Gasteiger partial charge in [-0.05, 0) is 38.6 Å². The summed E-state index contributed by atoms with van der Waals surface area (Å²) in [6.07, 6.45) is 8.55. The summed E-state index contributed by atoms with van der Waals surface area (Å²) in [7, 11) is 1.80. The van der Waals surface area contributed by atoms with E-state index in [9.17, 15) is 5.11 Å². The van der Waals surface area contributed by atoms with Crippen molar-refractivity contribution in [3.05, 3.63) is 0 Å². The molecule has 3 heteroatoms. The van der Waals surface area contributed by atoms with Gasteiger partial charge in [-0.15, -0.1) is 0 Å². The molecule has 2 fully saturated rings. The van der Waals surface area contributed by atoms with Gasteiger partial charge in [0, 0.05) is 20.2 Å². The minimum atomic E-state index is -0.146. The lowest BCUT2D eigenvalue weighted by Crippen LogP contribution is -2.49. The number of aliphatic hydroxyl groups is 1.